The van der Waals surface area contributed by atoms with Gasteiger partial charge in [0.15, 0.2) is 4.90 Å². The van der Waals surface area contributed by atoms with Gasteiger partial charge in [0.25, 0.3) is 0 Å². The zero-order chi connectivity index (χ0) is 17.0. The minimum atomic E-state index is -3.75. The van der Waals surface area contributed by atoms with E-state index in [-0.39, 0.29) is 22.4 Å². The molecule has 23 heavy (non-hydrogen) atoms. The molecule has 1 aliphatic rings. The first-order chi connectivity index (χ1) is 11.0. The number of rotatable bonds is 6. The van der Waals surface area contributed by atoms with Crippen LogP contribution in [0, 0.1) is 0 Å². The minimum absolute atomic E-state index is 0.0318. The largest absolute Gasteiger partial charge is 0.496 e. The van der Waals surface area contributed by atoms with Gasteiger partial charge in [-0.05, 0) is 25.9 Å². The predicted octanol–water partition coefficient (Wildman–Crippen LogP) is 1.08. The third kappa shape index (κ3) is 3.54. The number of nitrogens with one attached hydrogen (secondary N) is 1. The molecule has 130 valence electrons. The van der Waals surface area contributed by atoms with Crippen LogP contribution in [0.25, 0.3) is 0 Å². The van der Waals surface area contributed by atoms with Crippen LogP contribution < -0.4 is 19.5 Å². The molecular formula is C15H24N2O5S. The second-order valence-corrected chi connectivity index (χ2v) is 7.30. The SMILES string of the molecule is COc1cc(OC)c(S(=O)(=O)N(C)C2CCNCC2)c(OC)c1. The fourth-order valence-corrected chi connectivity index (χ4v) is 4.42. The third-order valence-corrected chi connectivity index (χ3v) is 6.10. The van der Waals surface area contributed by atoms with Gasteiger partial charge >= 0.3 is 0 Å². The van der Waals surface area contributed by atoms with Crippen molar-refractivity contribution in [1.29, 1.82) is 0 Å². The van der Waals surface area contributed by atoms with Gasteiger partial charge in [-0.1, -0.05) is 0 Å². The van der Waals surface area contributed by atoms with E-state index in [0.29, 0.717) is 5.75 Å². The van der Waals surface area contributed by atoms with Gasteiger partial charge < -0.3 is 19.5 Å². The van der Waals surface area contributed by atoms with Crippen molar-refractivity contribution in [3.63, 3.8) is 0 Å². The van der Waals surface area contributed by atoms with Crippen molar-refractivity contribution in [3.05, 3.63) is 12.1 Å². The molecule has 1 aromatic rings. The molecule has 8 heteroatoms. The average molecular weight is 344 g/mol. The lowest BCUT2D eigenvalue weighted by molar-refractivity contribution is 0.292. The van der Waals surface area contributed by atoms with E-state index in [4.69, 9.17) is 14.2 Å². The Morgan fingerprint density at radius 2 is 1.57 bits per heavy atom. The van der Waals surface area contributed by atoms with Gasteiger partial charge in [-0.3, -0.25) is 0 Å². The summed E-state index contributed by atoms with van der Waals surface area (Å²) in [5.74, 6) is 0.895. The molecule has 0 amide bonds. The van der Waals surface area contributed by atoms with Crippen LogP contribution >= 0.6 is 0 Å². The molecule has 0 aliphatic carbocycles. The monoisotopic (exact) mass is 344 g/mol. The summed E-state index contributed by atoms with van der Waals surface area (Å²) in [6.07, 6.45) is 1.55. The molecule has 0 aromatic heterocycles. The van der Waals surface area contributed by atoms with E-state index in [1.165, 1.54) is 25.6 Å². The van der Waals surface area contributed by atoms with Gasteiger partial charge in [-0.2, -0.15) is 4.31 Å². The van der Waals surface area contributed by atoms with E-state index in [2.05, 4.69) is 5.32 Å². The Labute approximate surface area is 137 Å². The Morgan fingerprint density at radius 3 is 2.00 bits per heavy atom. The fourth-order valence-electron chi connectivity index (χ4n) is 2.74. The lowest BCUT2D eigenvalue weighted by Gasteiger charge is -2.31. The zero-order valence-corrected chi connectivity index (χ0v) is 14.8. The molecule has 1 heterocycles. The molecule has 1 saturated heterocycles. The summed E-state index contributed by atoms with van der Waals surface area (Å²) in [4.78, 5) is 0.0318. The smallest absolute Gasteiger partial charge is 0.250 e. The summed E-state index contributed by atoms with van der Waals surface area (Å²) in [5, 5.41) is 3.23. The number of benzene rings is 1. The van der Waals surface area contributed by atoms with Crippen LogP contribution in [0.2, 0.25) is 0 Å². The number of sulfonamides is 1. The highest BCUT2D eigenvalue weighted by molar-refractivity contribution is 7.89. The van der Waals surface area contributed by atoms with E-state index in [0.717, 1.165) is 25.9 Å². The summed E-state index contributed by atoms with van der Waals surface area (Å²) in [6.45, 7) is 1.61. The number of hydrogen-bond acceptors (Lipinski definition) is 6. The molecule has 0 atom stereocenters. The van der Waals surface area contributed by atoms with Crippen molar-refractivity contribution in [1.82, 2.24) is 9.62 Å². The quantitative estimate of drug-likeness (QED) is 0.832. The summed E-state index contributed by atoms with van der Waals surface area (Å²) < 4.78 is 43.3. The van der Waals surface area contributed by atoms with Crippen LogP contribution in [0.5, 0.6) is 17.2 Å². The number of ether oxygens (including phenoxy) is 3. The first-order valence-corrected chi connectivity index (χ1v) is 8.88. The van der Waals surface area contributed by atoms with E-state index >= 15 is 0 Å². The highest BCUT2D eigenvalue weighted by atomic mass is 32.2. The van der Waals surface area contributed by atoms with Crippen molar-refractivity contribution in [2.75, 3.05) is 41.5 Å². The van der Waals surface area contributed by atoms with Crippen molar-refractivity contribution in [2.45, 2.75) is 23.8 Å². The fraction of sp³-hybridized carbons (Fsp3) is 0.600. The number of nitrogens with zero attached hydrogens (tertiary/aromatic N) is 1. The molecule has 2 rings (SSSR count). The lowest BCUT2D eigenvalue weighted by atomic mass is 10.1. The predicted molar refractivity (Wildman–Crippen MR) is 86.9 cm³/mol. The lowest BCUT2D eigenvalue weighted by Crippen LogP contribution is -2.44. The van der Waals surface area contributed by atoms with E-state index in [1.54, 1.807) is 19.2 Å². The molecule has 7 nitrogen and oxygen atoms in total. The summed E-state index contributed by atoms with van der Waals surface area (Å²) in [7, 11) is 2.22. The second kappa shape index (κ2) is 7.37. The molecule has 1 aliphatic heterocycles. The molecule has 0 spiro atoms. The maximum atomic E-state index is 13.1. The summed E-state index contributed by atoms with van der Waals surface area (Å²) >= 11 is 0. The van der Waals surface area contributed by atoms with Crippen molar-refractivity contribution in [3.8, 4) is 17.2 Å². The van der Waals surface area contributed by atoms with Crippen molar-refractivity contribution >= 4 is 10.0 Å². The first-order valence-electron chi connectivity index (χ1n) is 7.44. The Morgan fingerprint density at radius 1 is 1.04 bits per heavy atom. The number of hydrogen-bond donors (Lipinski definition) is 1. The van der Waals surface area contributed by atoms with Gasteiger partial charge in [0.2, 0.25) is 10.0 Å². The summed E-state index contributed by atoms with van der Waals surface area (Å²) in [6, 6.07) is 3.05. The van der Waals surface area contributed by atoms with E-state index < -0.39 is 10.0 Å². The maximum Gasteiger partial charge on any atom is 0.250 e. The molecule has 1 fully saturated rings. The van der Waals surface area contributed by atoms with Gasteiger partial charge in [0.1, 0.15) is 17.2 Å². The second-order valence-electron chi connectivity index (χ2n) is 5.36. The molecule has 0 unspecified atom stereocenters. The Hall–Kier alpha value is -1.51. The van der Waals surface area contributed by atoms with Crippen LogP contribution in [0.15, 0.2) is 17.0 Å². The highest BCUT2D eigenvalue weighted by Gasteiger charge is 2.34. The number of piperidine rings is 1. The Balaban J connectivity index is 2.49. The van der Waals surface area contributed by atoms with Crippen LogP contribution in [-0.2, 0) is 10.0 Å². The normalized spacial score (nSPS) is 16.4. The molecule has 0 bridgehead atoms. The maximum absolute atomic E-state index is 13.1. The van der Waals surface area contributed by atoms with Gasteiger partial charge in [-0.25, -0.2) is 8.42 Å². The molecule has 0 radical (unpaired) electrons. The molecule has 1 N–H and O–H groups in total. The molecular weight excluding hydrogens is 320 g/mol. The van der Waals surface area contributed by atoms with Crippen LogP contribution in [0.1, 0.15) is 12.8 Å². The Bertz CT molecular complexity index is 616. The topological polar surface area (TPSA) is 77.1 Å². The minimum Gasteiger partial charge on any atom is -0.496 e. The van der Waals surface area contributed by atoms with Crippen molar-refractivity contribution < 1.29 is 22.6 Å². The standard InChI is InChI=1S/C15H24N2O5S/c1-17(11-5-7-16-8-6-11)23(18,19)15-13(21-3)9-12(20-2)10-14(15)22-4/h9-11,16H,5-8H2,1-4H3. The summed E-state index contributed by atoms with van der Waals surface area (Å²) in [5.41, 5.74) is 0. The first kappa shape index (κ1) is 17.8. The van der Waals surface area contributed by atoms with Crippen molar-refractivity contribution in [2.24, 2.45) is 0 Å². The molecule has 0 saturated carbocycles. The van der Waals surface area contributed by atoms with Crippen LogP contribution in [-0.4, -0.2) is 60.2 Å². The van der Waals surface area contributed by atoms with Crippen LogP contribution in [0.4, 0.5) is 0 Å². The van der Waals surface area contributed by atoms with Crippen LogP contribution in [0.3, 0.4) is 0 Å². The third-order valence-electron chi connectivity index (χ3n) is 4.13. The van der Waals surface area contributed by atoms with E-state index in [9.17, 15) is 8.42 Å². The van der Waals surface area contributed by atoms with E-state index in [1.807, 2.05) is 0 Å². The Kier molecular flexibility index (Phi) is 5.72. The highest BCUT2D eigenvalue weighted by Crippen LogP contribution is 2.39. The molecule has 1 aromatic carbocycles. The van der Waals surface area contributed by atoms with Gasteiger partial charge in [0, 0.05) is 25.2 Å². The van der Waals surface area contributed by atoms with Gasteiger partial charge in [-0.15, -0.1) is 0 Å². The average Bonchev–Trinajstić information content (AvgIpc) is 2.60. The number of methoxy groups -OCH3 is 3. The zero-order valence-electron chi connectivity index (χ0n) is 14.0. The van der Waals surface area contributed by atoms with Gasteiger partial charge in [0.05, 0.1) is 21.3 Å².